The zero-order chi connectivity index (χ0) is 30.8. The zero-order valence-electron chi connectivity index (χ0n) is 24.3. The van der Waals surface area contributed by atoms with Crippen LogP contribution in [0.25, 0.3) is 0 Å². The second-order valence-electron chi connectivity index (χ2n) is 12.2. The average molecular weight is 581 g/mol. The Kier molecular flexibility index (Phi) is 7.36. The number of anilines is 1. The number of phenolic OH excluding ortho intramolecular Hbond substituents is 1. The summed E-state index contributed by atoms with van der Waals surface area (Å²) in [6.45, 7) is 0.703. The number of furan rings is 1. The maximum atomic E-state index is 14.2. The molecule has 12 heteroatoms. The standard InChI is InChI=1S/C30H36N4O8/c1-32(2)19-11-15(12-34(5)13-16-7-6-8-42-16)24(35)21-17(19)9-14-10-18-23(33(3)4)26(37)22(29(31)40)28(39)30(18,41)27(38)20(14)25(21)36/h6-8,11,14,18,20,22-23,35,41H,9-10,12-13H2,1-5H3,(H2,31,40)/t14-,18-,20?,22?,23-,30-/m0/s1. The average Bonchev–Trinajstić information content (AvgIpc) is 3.40. The highest BCUT2D eigenvalue weighted by Gasteiger charge is 2.69. The Morgan fingerprint density at radius 3 is 2.36 bits per heavy atom. The zero-order valence-corrected chi connectivity index (χ0v) is 24.3. The highest BCUT2D eigenvalue weighted by Crippen LogP contribution is 2.52. The number of phenols is 1. The van der Waals surface area contributed by atoms with Gasteiger partial charge in [0.2, 0.25) is 5.91 Å². The van der Waals surface area contributed by atoms with E-state index in [9.17, 15) is 34.2 Å². The van der Waals surface area contributed by atoms with Crippen molar-refractivity contribution in [3.63, 3.8) is 0 Å². The molecular formula is C30H36N4O8. The molecule has 224 valence electrons. The number of nitrogens with zero attached hydrogens (tertiary/aromatic N) is 3. The van der Waals surface area contributed by atoms with Crippen molar-refractivity contribution in [1.29, 1.82) is 0 Å². The number of hydrogen-bond acceptors (Lipinski definition) is 11. The lowest BCUT2D eigenvalue weighted by Gasteiger charge is -2.52. The second kappa shape index (κ2) is 10.4. The number of likely N-dealkylation sites (N-methyl/N-ethyl adjacent to an activating group) is 1. The first kappa shape index (κ1) is 29.6. The topological polar surface area (TPSA) is 175 Å². The molecule has 2 saturated carbocycles. The van der Waals surface area contributed by atoms with Crippen LogP contribution in [0.15, 0.2) is 28.9 Å². The number of primary amides is 1. The maximum absolute atomic E-state index is 14.2. The Bertz CT molecular complexity index is 1480. The molecular weight excluding hydrogens is 544 g/mol. The maximum Gasteiger partial charge on any atom is 0.235 e. The predicted octanol–water partition coefficient (Wildman–Crippen LogP) is 0.158. The van der Waals surface area contributed by atoms with Crippen molar-refractivity contribution in [1.82, 2.24) is 9.80 Å². The molecule has 2 unspecified atom stereocenters. The molecule has 0 radical (unpaired) electrons. The lowest BCUT2D eigenvalue weighted by Crippen LogP contribution is -2.74. The Morgan fingerprint density at radius 2 is 1.79 bits per heavy atom. The molecule has 0 spiro atoms. The third-order valence-electron chi connectivity index (χ3n) is 9.04. The first-order valence-corrected chi connectivity index (χ1v) is 13.8. The molecule has 42 heavy (non-hydrogen) atoms. The Morgan fingerprint density at radius 1 is 1.10 bits per heavy atom. The van der Waals surface area contributed by atoms with Gasteiger partial charge in [0.25, 0.3) is 0 Å². The van der Waals surface area contributed by atoms with Crippen LogP contribution in [0.5, 0.6) is 5.75 Å². The summed E-state index contributed by atoms with van der Waals surface area (Å²) in [5.41, 5.74) is 4.32. The van der Waals surface area contributed by atoms with Gasteiger partial charge in [0.05, 0.1) is 30.3 Å². The van der Waals surface area contributed by atoms with Crippen molar-refractivity contribution in [2.75, 3.05) is 40.1 Å². The van der Waals surface area contributed by atoms with E-state index in [0.29, 0.717) is 23.4 Å². The Balaban J connectivity index is 1.59. The van der Waals surface area contributed by atoms with Crippen LogP contribution in [0.1, 0.15) is 33.7 Å². The van der Waals surface area contributed by atoms with Gasteiger partial charge in [0, 0.05) is 37.8 Å². The third kappa shape index (κ3) is 4.36. The van der Waals surface area contributed by atoms with Crippen LogP contribution in [-0.4, -0.2) is 95.9 Å². The highest BCUT2D eigenvalue weighted by molar-refractivity contribution is 6.32. The minimum absolute atomic E-state index is 0.00512. The molecule has 1 amide bonds. The molecule has 1 heterocycles. The van der Waals surface area contributed by atoms with Crippen LogP contribution in [0, 0.1) is 23.7 Å². The van der Waals surface area contributed by atoms with Gasteiger partial charge in [-0.2, -0.15) is 0 Å². The summed E-state index contributed by atoms with van der Waals surface area (Å²) in [7, 11) is 8.58. The van der Waals surface area contributed by atoms with Crippen molar-refractivity contribution >= 4 is 34.7 Å². The number of benzene rings is 1. The van der Waals surface area contributed by atoms with Crippen molar-refractivity contribution in [3.8, 4) is 5.75 Å². The van der Waals surface area contributed by atoms with Crippen molar-refractivity contribution in [2.24, 2.45) is 29.4 Å². The number of carbonyl (C=O) groups excluding carboxylic acids is 5. The summed E-state index contributed by atoms with van der Waals surface area (Å²) in [5.74, 6) is -9.85. The number of Topliss-reactive ketones (excluding diaryl/α,β-unsaturated/α-hetero) is 4. The SMILES string of the molecule is CN(Cc1ccco1)Cc1cc(N(C)C)c2c(c1O)C(=O)C1C(=O)[C@]3(O)C(=O)C(C(N)=O)C(=O)[C@@H](N(C)C)[C@@H]3C[C@@H]1C2. The Hall–Kier alpha value is -3.87. The van der Waals surface area contributed by atoms with E-state index in [1.165, 1.54) is 4.90 Å². The molecule has 0 aliphatic heterocycles. The van der Waals surface area contributed by atoms with E-state index >= 15 is 0 Å². The first-order valence-electron chi connectivity index (χ1n) is 13.8. The van der Waals surface area contributed by atoms with Crippen LogP contribution >= 0.6 is 0 Å². The largest absolute Gasteiger partial charge is 0.507 e. The lowest BCUT2D eigenvalue weighted by molar-refractivity contribution is -0.181. The molecule has 6 atom stereocenters. The first-order chi connectivity index (χ1) is 19.7. The number of aromatic hydroxyl groups is 1. The fourth-order valence-electron chi connectivity index (χ4n) is 7.24. The third-order valence-corrected chi connectivity index (χ3v) is 9.04. The van der Waals surface area contributed by atoms with E-state index in [4.69, 9.17) is 10.2 Å². The molecule has 0 bridgehead atoms. The number of nitrogens with two attached hydrogens (primary N) is 1. The highest BCUT2D eigenvalue weighted by atomic mass is 16.3. The molecule has 2 fully saturated rings. The number of amides is 1. The van der Waals surface area contributed by atoms with E-state index in [1.807, 2.05) is 43.1 Å². The van der Waals surface area contributed by atoms with Gasteiger partial charge in [-0.05, 0) is 63.7 Å². The van der Waals surface area contributed by atoms with E-state index in [2.05, 4.69) is 0 Å². The number of hydrogen-bond donors (Lipinski definition) is 3. The summed E-state index contributed by atoms with van der Waals surface area (Å²) >= 11 is 0. The monoisotopic (exact) mass is 580 g/mol. The van der Waals surface area contributed by atoms with E-state index in [0.717, 1.165) is 5.76 Å². The smallest absolute Gasteiger partial charge is 0.235 e. The summed E-state index contributed by atoms with van der Waals surface area (Å²) < 4.78 is 5.42. The molecule has 1 aromatic carbocycles. The fourth-order valence-corrected chi connectivity index (χ4v) is 7.24. The van der Waals surface area contributed by atoms with Gasteiger partial charge in [-0.3, -0.25) is 33.8 Å². The summed E-state index contributed by atoms with van der Waals surface area (Å²) in [6, 6.07) is 4.28. The lowest BCUT2D eigenvalue weighted by atomic mass is 9.52. The van der Waals surface area contributed by atoms with Gasteiger partial charge >= 0.3 is 0 Å². The fraction of sp³-hybridized carbons (Fsp3) is 0.500. The molecule has 1 aromatic heterocycles. The number of carbonyl (C=O) groups is 5. The van der Waals surface area contributed by atoms with Crippen molar-refractivity contribution in [3.05, 3.63) is 46.9 Å². The van der Waals surface area contributed by atoms with Gasteiger partial charge in [0.15, 0.2) is 34.7 Å². The van der Waals surface area contributed by atoms with Crippen molar-refractivity contribution < 1.29 is 38.6 Å². The number of aliphatic hydroxyl groups is 1. The molecule has 4 N–H and O–H groups in total. The molecule has 5 rings (SSSR count). The molecule has 3 aliphatic rings. The van der Waals surface area contributed by atoms with Crippen LogP contribution in [0.4, 0.5) is 5.69 Å². The summed E-state index contributed by atoms with van der Waals surface area (Å²) in [4.78, 5) is 72.3. The minimum Gasteiger partial charge on any atom is -0.507 e. The van der Waals surface area contributed by atoms with Crippen LogP contribution < -0.4 is 10.6 Å². The minimum atomic E-state index is -2.75. The van der Waals surface area contributed by atoms with Gasteiger partial charge in [-0.25, -0.2) is 0 Å². The molecule has 2 aromatic rings. The van der Waals surface area contributed by atoms with Crippen LogP contribution in [0.3, 0.4) is 0 Å². The number of fused-ring (bicyclic) bond motifs is 3. The number of ketones is 4. The van der Waals surface area contributed by atoms with Crippen molar-refractivity contribution in [2.45, 2.75) is 37.6 Å². The molecule has 3 aliphatic carbocycles. The van der Waals surface area contributed by atoms with E-state index in [1.54, 1.807) is 26.4 Å². The second-order valence-corrected chi connectivity index (χ2v) is 12.2. The summed E-state index contributed by atoms with van der Waals surface area (Å²) in [6.07, 6.45) is 1.78. The van der Waals surface area contributed by atoms with Gasteiger partial charge in [0.1, 0.15) is 11.5 Å². The normalized spacial score (nSPS) is 29.0. The predicted molar refractivity (Wildman–Crippen MR) is 150 cm³/mol. The van der Waals surface area contributed by atoms with E-state index < -0.39 is 64.4 Å². The van der Waals surface area contributed by atoms with Gasteiger partial charge < -0.3 is 25.3 Å². The molecule has 12 nitrogen and oxygen atoms in total. The van der Waals surface area contributed by atoms with Gasteiger partial charge in [-0.15, -0.1) is 0 Å². The van der Waals surface area contributed by atoms with Crippen LogP contribution in [0.2, 0.25) is 0 Å². The van der Waals surface area contributed by atoms with Crippen LogP contribution in [-0.2, 0) is 38.7 Å². The number of rotatable bonds is 7. The Labute approximate surface area is 243 Å². The summed E-state index contributed by atoms with van der Waals surface area (Å²) in [5, 5.41) is 23.2. The van der Waals surface area contributed by atoms with Gasteiger partial charge in [-0.1, -0.05) is 0 Å². The quantitative estimate of drug-likeness (QED) is 0.381. The molecule has 0 saturated heterocycles. The van der Waals surface area contributed by atoms with E-state index in [-0.39, 0.29) is 30.7 Å².